The van der Waals surface area contributed by atoms with Gasteiger partial charge in [-0.1, -0.05) is 24.3 Å². The minimum Gasteiger partial charge on any atom is -0.325 e. The van der Waals surface area contributed by atoms with E-state index in [1.165, 1.54) is 11.8 Å². The molecule has 0 saturated heterocycles. The number of carbonyl (C=O) groups excluding carboxylic acids is 2. The van der Waals surface area contributed by atoms with E-state index < -0.39 is 0 Å². The number of benzene rings is 2. The fourth-order valence-electron chi connectivity index (χ4n) is 2.38. The second kappa shape index (κ2) is 9.52. The molecule has 0 aliphatic carbocycles. The van der Waals surface area contributed by atoms with Crippen molar-refractivity contribution >= 4 is 51.0 Å². The average Bonchev–Trinajstić information content (AvgIpc) is 2.70. The Bertz CT molecular complexity index is 965. The van der Waals surface area contributed by atoms with Crippen LogP contribution in [0, 0.1) is 0 Å². The van der Waals surface area contributed by atoms with Crippen LogP contribution >= 0.6 is 27.7 Å². The fourth-order valence-corrected chi connectivity index (χ4v) is 3.50. The van der Waals surface area contributed by atoms with Crippen LogP contribution in [0.5, 0.6) is 0 Å². The molecule has 0 aliphatic heterocycles. The van der Waals surface area contributed by atoms with E-state index in [1.54, 1.807) is 42.6 Å². The summed E-state index contributed by atoms with van der Waals surface area (Å²) in [5.74, 6) is 0.0362. The van der Waals surface area contributed by atoms with Gasteiger partial charge in [0.05, 0.1) is 5.25 Å². The zero-order chi connectivity index (χ0) is 19.9. The monoisotopic (exact) mass is 455 g/mol. The first-order chi connectivity index (χ1) is 13.5. The molecule has 1 atom stereocenters. The van der Waals surface area contributed by atoms with Gasteiger partial charge in [-0.25, -0.2) is 4.98 Å². The van der Waals surface area contributed by atoms with Gasteiger partial charge in [0.1, 0.15) is 5.82 Å². The third kappa shape index (κ3) is 5.68. The molecule has 0 fully saturated rings. The molecule has 0 bridgehead atoms. The zero-order valence-electron chi connectivity index (χ0n) is 15.1. The van der Waals surface area contributed by atoms with Crippen LogP contribution in [0.25, 0.3) is 0 Å². The molecule has 0 spiro atoms. The smallest absolute Gasteiger partial charge is 0.256 e. The number of thioether (sulfide) groups is 1. The Labute approximate surface area is 176 Å². The molecule has 3 rings (SSSR count). The molecule has 1 aromatic heterocycles. The number of hydrogen-bond acceptors (Lipinski definition) is 4. The molecular weight excluding hydrogens is 438 g/mol. The van der Waals surface area contributed by atoms with Crippen molar-refractivity contribution in [1.29, 1.82) is 0 Å². The SMILES string of the molecule is CC(Sc1ccccc1)C(=O)Nc1cccc(C(=O)Nc2ccc(Br)cn2)c1. The van der Waals surface area contributed by atoms with Gasteiger partial charge in [-0.3, -0.25) is 9.59 Å². The van der Waals surface area contributed by atoms with E-state index in [0.29, 0.717) is 17.1 Å². The summed E-state index contributed by atoms with van der Waals surface area (Å²) in [5.41, 5.74) is 1.01. The molecule has 3 aromatic rings. The molecular formula is C21H18BrN3O2S. The van der Waals surface area contributed by atoms with Gasteiger partial charge in [-0.2, -0.15) is 0 Å². The van der Waals surface area contributed by atoms with Crippen LogP contribution < -0.4 is 10.6 Å². The van der Waals surface area contributed by atoms with Crippen LogP contribution in [0.3, 0.4) is 0 Å². The van der Waals surface area contributed by atoms with Crippen LogP contribution in [0.2, 0.25) is 0 Å². The molecule has 1 heterocycles. The largest absolute Gasteiger partial charge is 0.325 e. The highest BCUT2D eigenvalue weighted by Gasteiger charge is 2.15. The molecule has 5 nitrogen and oxygen atoms in total. The second-order valence-corrected chi connectivity index (χ2v) is 8.29. The highest BCUT2D eigenvalue weighted by Crippen LogP contribution is 2.24. The third-order valence-corrected chi connectivity index (χ3v) is 5.37. The van der Waals surface area contributed by atoms with Crippen molar-refractivity contribution in [2.75, 3.05) is 10.6 Å². The number of hydrogen-bond donors (Lipinski definition) is 2. The molecule has 1 unspecified atom stereocenters. The Hall–Kier alpha value is -2.64. The van der Waals surface area contributed by atoms with Crippen LogP contribution in [-0.4, -0.2) is 22.0 Å². The molecule has 2 amide bonds. The number of carbonyl (C=O) groups is 2. The van der Waals surface area contributed by atoms with Gasteiger partial charge < -0.3 is 10.6 Å². The van der Waals surface area contributed by atoms with Gasteiger partial charge in [-0.15, -0.1) is 11.8 Å². The number of rotatable bonds is 6. The van der Waals surface area contributed by atoms with E-state index in [-0.39, 0.29) is 17.1 Å². The molecule has 0 aliphatic rings. The van der Waals surface area contributed by atoms with Crippen LogP contribution in [0.4, 0.5) is 11.5 Å². The van der Waals surface area contributed by atoms with Crippen LogP contribution in [0.15, 0.2) is 82.3 Å². The maximum Gasteiger partial charge on any atom is 0.256 e. The van der Waals surface area contributed by atoms with Gasteiger partial charge in [0.15, 0.2) is 0 Å². The Morgan fingerprint density at radius 1 is 1.00 bits per heavy atom. The van der Waals surface area contributed by atoms with E-state index in [1.807, 2.05) is 37.3 Å². The number of nitrogens with one attached hydrogen (secondary N) is 2. The van der Waals surface area contributed by atoms with Gasteiger partial charge in [0.25, 0.3) is 5.91 Å². The van der Waals surface area contributed by atoms with Crippen molar-refractivity contribution in [3.63, 3.8) is 0 Å². The summed E-state index contributed by atoms with van der Waals surface area (Å²) >= 11 is 4.79. The summed E-state index contributed by atoms with van der Waals surface area (Å²) in [5, 5.41) is 5.33. The predicted molar refractivity (Wildman–Crippen MR) is 117 cm³/mol. The maximum absolute atomic E-state index is 12.5. The maximum atomic E-state index is 12.5. The topological polar surface area (TPSA) is 71.1 Å². The van der Waals surface area contributed by atoms with Crippen molar-refractivity contribution in [2.24, 2.45) is 0 Å². The zero-order valence-corrected chi connectivity index (χ0v) is 17.5. The summed E-state index contributed by atoms with van der Waals surface area (Å²) in [6.45, 7) is 1.85. The summed E-state index contributed by atoms with van der Waals surface area (Å²) in [4.78, 5) is 30.1. The fraction of sp³-hybridized carbons (Fsp3) is 0.0952. The molecule has 0 radical (unpaired) electrons. The Balaban J connectivity index is 1.63. The Morgan fingerprint density at radius 3 is 2.50 bits per heavy atom. The molecule has 2 N–H and O–H groups in total. The Kier molecular flexibility index (Phi) is 6.84. The van der Waals surface area contributed by atoms with E-state index >= 15 is 0 Å². The quantitative estimate of drug-likeness (QED) is 0.500. The van der Waals surface area contributed by atoms with Gasteiger partial charge in [0.2, 0.25) is 5.91 Å². The molecule has 2 aromatic carbocycles. The third-order valence-electron chi connectivity index (χ3n) is 3.79. The summed E-state index contributed by atoms with van der Waals surface area (Å²) in [7, 11) is 0. The van der Waals surface area contributed by atoms with Crippen LogP contribution in [0.1, 0.15) is 17.3 Å². The van der Waals surface area contributed by atoms with E-state index in [4.69, 9.17) is 0 Å². The summed E-state index contributed by atoms with van der Waals surface area (Å²) < 4.78 is 0.831. The van der Waals surface area contributed by atoms with Gasteiger partial charge >= 0.3 is 0 Å². The number of aromatic nitrogens is 1. The van der Waals surface area contributed by atoms with Gasteiger partial charge in [-0.05, 0) is 65.3 Å². The van der Waals surface area contributed by atoms with Gasteiger partial charge in [0, 0.05) is 26.8 Å². The lowest BCUT2D eigenvalue weighted by molar-refractivity contribution is -0.115. The van der Waals surface area contributed by atoms with E-state index in [2.05, 4.69) is 31.5 Å². The first kappa shape index (κ1) is 20.1. The number of nitrogens with zero attached hydrogens (tertiary/aromatic N) is 1. The van der Waals surface area contributed by atoms with Crippen molar-refractivity contribution < 1.29 is 9.59 Å². The predicted octanol–water partition coefficient (Wildman–Crippen LogP) is 5.22. The van der Waals surface area contributed by atoms with Crippen molar-refractivity contribution in [1.82, 2.24) is 4.98 Å². The normalized spacial score (nSPS) is 11.5. The standard InChI is InChI=1S/C21H18BrN3O2S/c1-14(28-18-8-3-2-4-9-18)20(26)24-17-7-5-6-15(12-17)21(27)25-19-11-10-16(22)13-23-19/h2-14H,1H3,(H,24,26)(H,23,25,27). The number of halogens is 1. The highest BCUT2D eigenvalue weighted by molar-refractivity contribution is 9.10. The minimum atomic E-state index is -0.294. The van der Waals surface area contributed by atoms with Crippen molar-refractivity contribution in [3.8, 4) is 0 Å². The first-order valence-corrected chi connectivity index (χ1v) is 10.2. The molecule has 7 heteroatoms. The first-order valence-electron chi connectivity index (χ1n) is 8.57. The highest BCUT2D eigenvalue weighted by atomic mass is 79.9. The minimum absolute atomic E-state index is 0.124. The molecule has 0 saturated carbocycles. The second-order valence-electron chi connectivity index (χ2n) is 5.96. The lowest BCUT2D eigenvalue weighted by Crippen LogP contribution is -2.22. The summed E-state index contributed by atoms with van der Waals surface area (Å²) in [6, 6.07) is 20.1. The summed E-state index contributed by atoms with van der Waals surface area (Å²) in [6.07, 6.45) is 1.61. The van der Waals surface area contributed by atoms with Crippen molar-refractivity contribution in [2.45, 2.75) is 17.1 Å². The number of amides is 2. The lowest BCUT2D eigenvalue weighted by atomic mass is 10.2. The van der Waals surface area contributed by atoms with E-state index in [0.717, 1.165) is 9.37 Å². The van der Waals surface area contributed by atoms with E-state index in [9.17, 15) is 9.59 Å². The number of anilines is 2. The average molecular weight is 456 g/mol. The van der Waals surface area contributed by atoms with Crippen LogP contribution in [-0.2, 0) is 4.79 Å². The Morgan fingerprint density at radius 2 is 1.79 bits per heavy atom. The lowest BCUT2D eigenvalue weighted by Gasteiger charge is -2.13. The molecule has 142 valence electrons. The number of pyridine rings is 1. The molecule has 28 heavy (non-hydrogen) atoms. The van der Waals surface area contributed by atoms with Crippen molar-refractivity contribution in [3.05, 3.63) is 83.0 Å².